The van der Waals surface area contributed by atoms with E-state index in [1.165, 1.54) is 0 Å². The summed E-state index contributed by atoms with van der Waals surface area (Å²) < 4.78 is 44.3. The van der Waals surface area contributed by atoms with Crippen LogP contribution >= 0.6 is 0 Å². The van der Waals surface area contributed by atoms with Gasteiger partial charge >= 0.3 is 6.18 Å². The van der Waals surface area contributed by atoms with Gasteiger partial charge in [-0.05, 0) is 55.2 Å². The number of pyridine rings is 1. The van der Waals surface area contributed by atoms with E-state index in [-0.39, 0.29) is 24.5 Å². The van der Waals surface area contributed by atoms with Crippen molar-refractivity contribution >= 4 is 22.4 Å². The Bertz CT molecular complexity index is 1060. The zero-order valence-corrected chi connectivity index (χ0v) is 16.2. The maximum atomic E-state index is 12.8. The summed E-state index contributed by atoms with van der Waals surface area (Å²) >= 11 is 0. The van der Waals surface area contributed by atoms with Gasteiger partial charge in [0.15, 0.2) is 0 Å². The molecule has 2 aromatic heterocycles. The quantitative estimate of drug-likeness (QED) is 0.543. The molecule has 4 rings (SSSR count). The summed E-state index contributed by atoms with van der Waals surface area (Å²) in [7, 11) is 0. The lowest BCUT2D eigenvalue weighted by Gasteiger charge is -2.29. The number of benzene rings is 1. The van der Waals surface area contributed by atoms with Crippen LogP contribution in [0.3, 0.4) is 0 Å². The molecule has 3 aromatic rings. The molecule has 1 aromatic carbocycles. The van der Waals surface area contributed by atoms with E-state index >= 15 is 0 Å². The van der Waals surface area contributed by atoms with Gasteiger partial charge in [-0.1, -0.05) is 6.07 Å². The summed E-state index contributed by atoms with van der Waals surface area (Å²) in [5.74, 6) is -0.180. The molecule has 0 unspecified atom stereocenters. The molecule has 1 aliphatic rings. The van der Waals surface area contributed by atoms with E-state index < -0.39 is 12.1 Å². The number of nitrogens with zero attached hydrogens (tertiary/aromatic N) is 2. The highest BCUT2D eigenvalue weighted by Gasteiger charge is 2.41. The van der Waals surface area contributed by atoms with E-state index in [1.807, 2.05) is 36.5 Å². The SMILES string of the molecule is N#Cc1cc(OCC2CCC(C(F)(F)F)CC2)cc(Nc2ccc3cc[nH]c3c2)n1. The summed E-state index contributed by atoms with van der Waals surface area (Å²) in [6.45, 7) is 0.327. The van der Waals surface area contributed by atoms with Crippen LogP contribution in [0.15, 0.2) is 42.6 Å². The Morgan fingerprint density at radius 1 is 1.13 bits per heavy atom. The van der Waals surface area contributed by atoms with Crippen molar-refractivity contribution in [3.05, 3.63) is 48.3 Å². The number of H-pyrrole nitrogens is 1. The van der Waals surface area contributed by atoms with E-state index in [9.17, 15) is 18.4 Å². The van der Waals surface area contributed by atoms with Crippen LogP contribution in [-0.2, 0) is 0 Å². The van der Waals surface area contributed by atoms with Gasteiger partial charge < -0.3 is 15.0 Å². The average Bonchev–Trinajstić information content (AvgIpc) is 3.19. The fourth-order valence-corrected chi connectivity index (χ4v) is 3.85. The summed E-state index contributed by atoms with van der Waals surface area (Å²) in [4.78, 5) is 7.40. The lowest BCUT2D eigenvalue weighted by atomic mass is 9.82. The van der Waals surface area contributed by atoms with Crippen LogP contribution in [0.25, 0.3) is 10.9 Å². The minimum atomic E-state index is -4.11. The van der Waals surface area contributed by atoms with Crippen LogP contribution in [0.2, 0.25) is 0 Å². The predicted octanol–water partition coefficient (Wildman–Crippen LogP) is 5.93. The van der Waals surface area contributed by atoms with Crippen LogP contribution in [-0.4, -0.2) is 22.8 Å². The molecule has 0 saturated heterocycles. The Morgan fingerprint density at radius 3 is 2.67 bits per heavy atom. The standard InChI is InChI=1S/C22H21F3N4O/c23-22(24,25)16-4-1-14(2-5-16)13-30-19-9-18(12-26)29-21(11-19)28-17-6-3-15-7-8-27-20(15)10-17/h3,6-11,14,16,27H,1-2,4-5,13H2,(H,28,29). The number of rotatable bonds is 5. The number of nitrogens with one attached hydrogen (secondary N) is 2. The average molecular weight is 414 g/mol. The highest BCUT2D eigenvalue weighted by atomic mass is 19.4. The molecule has 1 aliphatic carbocycles. The molecule has 1 saturated carbocycles. The lowest BCUT2D eigenvalue weighted by molar-refractivity contribution is -0.184. The van der Waals surface area contributed by atoms with Crippen LogP contribution in [0.5, 0.6) is 5.75 Å². The minimum absolute atomic E-state index is 0.0778. The second kappa shape index (κ2) is 8.27. The van der Waals surface area contributed by atoms with Crippen molar-refractivity contribution in [1.29, 1.82) is 5.26 Å². The van der Waals surface area contributed by atoms with Crippen molar-refractivity contribution in [3.63, 3.8) is 0 Å². The second-order valence-corrected chi connectivity index (χ2v) is 7.66. The first kappa shape index (κ1) is 20.1. The molecule has 0 amide bonds. The van der Waals surface area contributed by atoms with Crippen LogP contribution in [0.1, 0.15) is 31.4 Å². The molecule has 8 heteroatoms. The molecular weight excluding hydrogens is 393 g/mol. The van der Waals surface area contributed by atoms with Gasteiger partial charge in [0.2, 0.25) is 0 Å². The number of fused-ring (bicyclic) bond motifs is 1. The number of halogens is 3. The molecule has 0 radical (unpaired) electrons. The maximum Gasteiger partial charge on any atom is 0.391 e. The predicted molar refractivity (Wildman–Crippen MR) is 108 cm³/mol. The van der Waals surface area contributed by atoms with E-state index in [1.54, 1.807) is 12.1 Å². The molecule has 2 heterocycles. The first-order chi connectivity index (χ1) is 14.4. The highest BCUT2D eigenvalue weighted by molar-refractivity contribution is 5.83. The normalized spacial score (nSPS) is 19.4. The minimum Gasteiger partial charge on any atom is -0.493 e. The molecule has 1 fully saturated rings. The number of ether oxygens (including phenoxy) is 1. The Labute approximate surface area is 171 Å². The number of aromatic amines is 1. The van der Waals surface area contributed by atoms with Gasteiger partial charge in [-0.3, -0.25) is 0 Å². The van der Waals surface area contributed by atoms with Crippen molar-refractivity contribution in [2.24, 2.45) is 11.8 Å². The van der Waals surface area contributed by atoms with Crippen molar-refractivity contribution < 1.29 is 17.9 Å². The number of hydrogen-bond acceptors (Lipinski definition) is 4. The lowest BCUT2D eigenvalue weighted by Crippen LogP contribution is -2.29. The summed E-state index contributed by atoms with van der Waals surface area (Å²) in [6.07, 6.45) is -0.987. The molecule has 2 N–H and O–H groups in total. The van der Waals surface area contributed by atoms with Gasteiger partial charge in [0.1, 0.15) is 23.3 Å². The van der Waals surface area contributed by atoms with E-state index in [0.29, 0.717) is 31.0 Å². The Kier molecular flexibility index (Phi) is 5.53. The highest BCUT2D eigenvalue weighted by Crippen LogP contribution is 2.39. The van der Waals surface area contributed by atoms with Crippen molar-refractivity contribution in [1.82, 2.24) is 9.97 Å². The third-order valence-corrected chi connectivity index (χ3v) is 5.54. The fourth-order valence-electron chi connectivity index (χ4n) is 3.85. The first-order valence-electron chi connectivity index (χ1n) is 9.86. The first-order valence-corrected chi connectivity index (χ1v) is 9.86. The molecular formula is C22H21F3N4O. The molecule has 0 aliphatic heterocycles. The van der Waals surface area contributed by atoms with Gasteiger partial charge in [0.05, 0.1) is 12.5 Å². The van der Waals surface area contributed by atoms with E-state index in [4.69, 9.17) is 4.74 Å². The number of hydrogen-bond donors (Lipinski definition) is 2. The topological polar surface area (TPSA) is 73.7 Å². The van der Waals surface area contributed by atoms with Gasteiger partial charge in [0, 0.05) is 29.5 Å². The van der Waals surface area contributed by atoms with Gasteiger partial charge in [-0.2, -0.15) is 18.4 Å². The van der Waals surface area contributed by atoms with Crippen molar-refractivity contribution in [2.45, 2.75) is 31.9 Å². The van der Waals surface area contributed by atoms with Crippen LogP contribution in [0, 0.1) is 23.2 Å². The van der Waals surface area contributed by atoms with Gasteiger partial charge in [-0.15, -0.1) is 0 Å². The molecule has 30 heavy (non-hydrogen) atoms. The zero-order valence-electron chi connectivity index (χ0n) is 16.2. The monoisotopic (exact) mass is 414 g/mol. The maximum absolute atomic E-state index is 12.8. The van der Waals surface area contributed by atoms with Gasteiger partial charge in [0.25, 0.3) is 0 Å². The van der Waals surface area contributed by atoms with E-state index in [2.05, 4.69) is 15.3 Å². The summed E-state index contributed by atoms with van der Waals surface area (Å²) in [5.41, 5.74) is 1.99. The molecule has 0 atom stereocenters. The van der Waals surface area contributed by atoms with Crippen LogP contribution < -0.4 is 10.1 Å². The Hall–Kier alpha value is -3.21. The fraction of sp³-hybridized carbons (Fsp3) is 0.364. The third kappa shape index (κ3) is 4.67. The van der Waals surface area contributed by atoms with Crippen molar-refractivity contribution in [2.75, 3.05) is 11.9 Å². The second-order valence-electron chi connectivity index (χ2n) is 7.66. The van der Waals surface area contributed by atoms with Crippen molar-refractivity contribution in [3.8, 4) is 11.8 Å². The molecule has 5 nitrogen and oxygen atoms in total. The Morgan fingerprint density at radius 2 is 1.93 bits per heavy atom. The summed E-state index contributed by atoms with van der Waals surface area (Å²) in [6, 6.07) is 13.1. The summed E-state index contributed by atoms with van der Waals surface area (Å²) in [5, 5.41) is 13.5. The largest absolute Gasteiger partial charge is 0.493 e. The Balaban J connectivity index is 1.41. The smallest absolute Gasteiger partial charge is 0.391 e. The number of aromatic nitrogens is 2. The van der Waals surface area contributed by atoms with Gasteiger partial charge in [-0.25, -0.2) is 4.98 Å². The zero-order chi connectivity index (χ0) is 21.1. The van der Waals surface area contributed by atoms with E-state index in [0.717, 1.165) is 16.6 Å². The number of nitriles is 1. The molecule has 0 bridgehead atoms. The third-order valence-electron chi connectivity index (χ3n) is 5.54. The number of alkyl halides is 3. The molecule has 156 valence electrons. The van der Waals surface area contributed by atoms with Crippen LogP contribution in [0.4, 0.5) is 24.7 Å². The number of anilines is 2. The molecule has 0 spiro atoms.